The zero-order chi connectivity index (χ0) is 16.6. The molecule has 1 amide bonds. The first-order valence-corrected chi connectivity index (χ1v) is 7.64. The van der Waals surface area contributed by atoms with Crippen LogP contribution in [0.25, 0.3) is 0 Å². The van der Waals surface area contributed by atoms with Gasteiger partial charge in [-0.25, -0.2) is 4.39 Å². The molecular formula is C19H20FNO2. The highest BCUT2D eigenvalue weighted by Gasteiger charge is 2.62. The van der Waals surface area contributed by atoms with E-state index >= 15 is 0 Å². The third-order valence-electron chi connectivity index (χ3n) is 4.69. The third kappa shape index (κ3) is 2.81. The predicted octanol–water partition coefficient (Wildman–Crippen LogP) is 4.21. The van der Waals surface area contributed by atoms with Crippen LogP contribution in [0, 0.1) is 17.2 Å². The molecule has 4 heteroatoms. The van der Waals surface area contributed by atoms with Crippen molar-refractivity contribution in [2.24, 2.45) is 11.3 Å². The Hall–Kier alpha value is -2.36. The molecule has 0 aliphatic heterocycles. The van der Waals surface area contributed by atoms with Crippen LogP contribution in [0.1, 0.15) is 25.3 Å². The molecule has 0 spiro atoms. The summed E-state index contributed by atoms with van der Waals surface area (Å²) in [7, 11) is 1.50. The van der Waals surface area contributed by atoms with Gasteiger partial charge in [-0.05, 0) is 23.1 Å². The maximum Gasteiger partial charge on any atom is 0.228 e. The first kappa shape index (κ1) is 15.5. The molecule has 2 atom stereocenters. The van der Waals surface area contributed by atoms with Crippen LogP contribution in [0.4, 0.5) is 10.1 Å². The fraction of sp³-hybridized carbons (Fsp3) is 0.316. The first-order chi connectivity index (χ1) is 10.9. The Morgan fingerprint density at radius 1 is 1.17 bits per heavy atom. The SMILES string of the molecule is COc1ccc(F)cc1NC(=O)[C@@H]1[C@@H](c2ccccc2)C1(C)C. The molecule has 1 fully saturated rings. The lowest BCUT2D eigenvalue weighted by atomic mass is 10.0. The van der Waals surface area contributed by atoms with Crippen LogP contribution in [-0.4, -0.2) is 13.0 Å². The Bertz CT molecular complexity index is 727. The molecule has 1 saturated carbocycles. The molecule has 3 rings (SSSR count). The summed E-state index contributed by atoms with van der Waals surface area (Å²) in [5, 5.41) is 2.82. The molecule has 0 heterocycles. The van der Waals surface area contributed by atoms with Crippen molar-refractivity contribution in [2.45, 2.75) is 19.8 Å². The quantitative estimate of drug-likeness (QED) is 0.918. The second-order valence-corrected chi connectivity index (χ2v) is 6.52. The highest BCUT2D eigenvalue weighted by Crippen LogP contribution is 2.64. The number of benzene rings is 2. The Balaban J connectivity index is 1.81. The molecule has 1 aliphatic carbocycles. The number of anilines is 1. The van der Waals surface area contributed by atoms with Crippen molar-refractivity contribution in [1.82, 2.24) is 0 Å². The number of amides is 1. The van der Waals surface area contributed by atoms with Crippen molar-refractivity contribution < 1.29 is 13.9 Å². The lowest BCUT2D eigenvalue weighted by molar-refractivity contribution is -0.118. The van der Waals surface area contributed by atoms with Crippen molar-refractivity contribution in [3.05, 3.63) is 59.9 Å². The van der Waals surface area contributed by atoms with Crippen LogP contribution in [-0.2, 0) is 4.79 Å². The van der Waals surface area contributed by atoms with E-state index in [1.54, 1.807) is 0 Å². The van der Waals surface area contributed by atoms with E-state index in [-0.39, 0.29) is 23.2 Å². The monoisotopic (exact) mass is 313 g/mol. The van der Waals surface area contributed by atoms with Crippen LogP contribution >= 0.6 is 0 Å². The Morgan fingerprint density at radius 3 is 2.52 bits per heavy atom. The van der Waals surface area contributed by atoms with Gasteiger partial charge in [0.15, 0.2) is 0 Å². The van der Waals surface area contributed by atoms with Crippen molar-refractivity contribution in [1.29, 1.82) is 0 Å². The molecule has 0 saturated heterocycles. The van der Waals surface area contributed by atoms with Gasteiger partial charge in [0.05, 0.1) is 18.7 Å². The predicted molar refractivity (Wildman–Crippen MR) is 88.0 cm³/mol. The number of carbonyl (C=O) groups excluding carboxylic acids is 1. The van der Waals surface area contributed by atoms with Gasteiger partial charge in [-0.2, -0.15) is 0 Å². The van der Waals surface area contributed by atoms with Crippen LogP contribution in [0.15, 0.2) is 48.5 Å². The van der Waals surface area contributed by atoms with E-state index in [0.29, 0.717) is 11.4 Å². The normalized spacial score (nSPS) is 21.6. The second-order valence-electron chi connectivity index (χ2n) is 6.52. The highest BCUT2D eigenvalue weighted by atomic mass is 19.1. The minimum atomic E-state index is -0.407. The molecule has 1 aliphatic rings. The summed E-state index contributed by atoms with van der Waals surface area (Å²) >= 11 is 0. The number of ether oxygens (including phenoxy) is 1. The van der Waals surface area contributed by atoms with Gasteiger partial charge >= 0.3 is 0 Å². The molecule has 0 bridgehead atoms. The van der Waals surface area contributed by atoms with E-state index < -0.39 is 5.82 Å². The number of nitrogens with one attached hydrogen (secondary N) is 1. The Labute approximate surface area is 135 Å². The molecular weight excluding hydrogens is 293 g/mol. The minimum absolute atomic E-state index is 0.104. The molecule has 120 valence electrons. The van der Waals surface area contributed by atoms with Gasteiger partial charge in [0.2, 0.25) is 5.91 Å². The fourth-order valence-electron chi connectivity index (χ4n) is 3.40. The topological polar surface area (TPSA) is 38.3 Å². The van der Waals surface area contributed by atoms with E-state index in [4.69, 9.17) is 4.74 Å². The van der Waals surface area contributed by atoms with Gasteiger partial charge in [-0.3, -0.25) is 4.79 Å². The average molecular weight is 313 g/mol. The summed E-state index contributed by atoms with van der Waals surface area (Å²) in [6.45, 7) is 4.16. The number of methoxy groups -OCH3 is 1. The molecule has 0 radical (unpaired) electrons. The highest BCUT2D eigenvalue weighted by molar-refractivity contribution is 5.97. The maximum atomic E-state index is 13.4. The van der Waals surface area contributed by atoms with Crippen LogP contribution in [0.5, 0.6) is 5.75 Å². The fourth-order valence-corrected chi connectivity index (χ4v) is 3.40. The molecule has 0 aromatic heterocycles. The number of hydrogen-bond donors (Lipinski definition) is 1. The lowest BCUT2D eigenvalue weighted by Crippen LogP contribution is -2.17. The van der Waals surface area contributed by atoms with E-state index in [0.717, 1.165) is 5.56 Å². The zero-order valence-corrected chi connectivity index (χ0v) is 13.5. The average Bonchev–Trinajstić information content (AvgIpc) is 3.11. The maximum absolute atomic E-state index is 13.4. The van der Waals surface area contributed by atoms with E-state index in [1.807, 2.05) is 30.3 Å². The van der Waals surface area contributed by atoms with Crippen molar-refractivity contribution >= 4 is 11.6 Å². The Kier molecular flexibility index (Phi) is 3.84. The molecule has 2 aromatic carbocycles. The second kappa shape index (κ2) is 5.69. The summed E-state index contributed by atoms with van der Waals surface area (Å²) < 4.78 is 18.6. The molecule has 23 heavy (non-hydrogen) atoms. The number of halogens is 1. The van der Waals surface area contributed by atoms with E-state index in [2.05, 4.69) is 19.2 Å². The van der Waals surface area contributed by atoms with Gasteiger partial charge in [0.25, 0.3) is 0 Å². The number of hydrogen-bond acceptors (Lipinski definition) is 2. The minimum Gasteiger partial charge on any atom is -0.495 e. The van der Waals surface area contributed by atoms with Crippen molar-refractivity contribution in [3.63, 3.8) is 0 Å². The summed E-state index contributed by atoms with van der Waals surface area (Å²) in [5.74, 6) is -0.0286. The molecule has 3 nitrogen and oxygen atoms in total. The summed E-state index contributed by atoms with van der Waals surface area (Å²) in [4.78, 5) is 12.7. The van der Waals surface area contributed by atoms with E-state index in [1.165, 1.54) is 25.3 Å². The van der Waals surface area contributed by atoms with Gasteiger partial charge in [0, 0.05) is 12.0 Å². The van der Waals surface area contributed by atoms with Crippen LogP contribution in [0.3, 0.4) is 0 Å². The smallest absolute Gasteiger partial charge is 0.228 e. The van der Waals surface area contributed by atoms with Gasteiger partial charge in [0.1, 0.15) is 11.6 Å². The van der Waals surface area contributed by atoms with Crippen molar-refractivity contribution in [3.8, 4) is 5.75 Å². The summed E-state index contributed by atoms with van der Waals surface area (Å²) in [6.07, 6.45) is 0. The van der Waals surface area contributed by atoms with Gasteiger partial charge < -0.3 is 10.1 Å². The molecule has 1 N–H and O–H groups in total. The van der Waals surface area contributed by atoms with Crippen LogP contribution in [0.2, 0.25) is 0 Å². The van der Waals surface area contributed by atoms with Crippen LogP contribution < -0.4 is 10.1 Å². The van der Waals surface area contributed by atoms with Crippen molar-refractivity contribution in [2.75, 3.05) is 12.4 Å². The lowest BCUT2D eigenvalue weighted by Gasteiger charge is -2.10. The van der Waals surface area contributed by atoms with Gasteiger partial charge in [-0.15, -0.1) is 0 Å². The Morgan fingerprint density at radius 2 is 1.87 bits per heavy atom. The van der Waals surface area contributed by atoms with Gasteiger partial charge in [-0.1, -0.05) is 44.2 Å². The molecule has 0 unspecified atom stereocenters. The summed E-state index contributed by atoms with van der Waals surface area (Å²) in [6, 6.07) is 14.1. The number of carbonyl (C=O) groups is 1. The van der Waals surface area contributed by atoms with E-state index in [9.17, 15) is 9.18 Å². The molecule has 2 aromatic rings. The zero-order valence-electron chi connectivity index (χ0n) is 13.5. The first-order valence-electron chi connectivity index (χ1n) is 7.64. The summed E-state index contributed by atoms with van der Waals surface area (Å²) in [5.41, 5.74) is 1.40. The third-order valence-corrected chi connectivity index (χ3v) is 4.69. The standard InChI is InChI=1S/C19H20FNO2/c1-19(2)16(12-7-5-4-6-8-12)17(19)18(22)21-14-11-13(20)9-10-15(14)23-3/h4-11,16-17H,1-3H3,(H,21,22)/t16-,17+/m1/s1. The largest absolute Gasteiger partial charge is 0.495 e. The number of rotatable bonds is 4.